The van der Waals surface area contributed by atoms with E-state index in [0.29, 0.717) is 0 Å². The van der Waals surface area contributed by atoms with E-state index in [4.69, 9.17) is 5.14 Å². The molecule has 2 aromatic carbocycles. The number of hydrogen-bond donors (Lipinski definition) is 2. The first-order valence-corrected chi connectivity index (χ1v) is 8.28. The molecule has 5 heteroatoms. The van der Waals surface area contributed by atoms with Crippen LogP contribution in [0.2, 0.25) is 0 Å². The number of nitrogens with one attached hydrogen (secondary N) is 1. The van der Waals surface area contributed by atoms with Gasteiger partial charge >= 0.3 is 0 Å². The van der Waals surface area contributed by atoms with Crippen LogP contribution in [0.1, 0.15) is 29.7 Å². The molecule has 0 aliphatic rings. The minimum absolute atomic E-state index is 0.0700. The average molecular weight is 304 g/mol. The van der Waals surface area contributed by atoms with Gasteiger partial charge in [-0.05, 0) is 50.1 Å². The van der Waals surface area contributed by atoms with Crippen molar-refractivity contribution in [3.63, 3.8) is 0 Å². The van der Waals surface area contributed by atoms with Crippen molar-refractivity contribution < 1.29 is 8.42 Å². The van der Waals surface area contributed by atoms with E-state index in [1.165, 1.54) is 22.8 Å². The maximum Gasteiger partial charge on any atom is 0.238 e. The highest BCUT2D eigenvalue weighted by Gasteiger charge is 2.11. The molecule has 0 heterocycles. The van der Waals surface area contributed by atoms with Gasteiger partial charge in [0.2, 0.25) is 10.0 Å². The summed E-state index contributed by atoms with van der Waals surface area (Å²) in [5, 5.41) is 8.47. The molecule has 0 amide bonds. The third kappa shape index (κ3) is 3.83. The molecular weight excluding hydrogens is 284 g/mol. The second-order valence-electron chi connectivity index (χ2n) is 5.30. The van der Waals surface area contributed by atoms with Gasteiger partial charge in [-0.15, -0.1) is 0 Å². The smallest absolute Gasteiger partial charge is 0.238 e. The second kappa shape index (κ2) is 5.87. The number of rotatable bonds is 4. The van der Waals surface area contributed by atoms with Gasteiger partial charge in [-0.1, -0.05) is 29.8 Å². The summed E-state index contributed by atoms with van der Waals surface area (Å²) >= 11 is 0. The van der Waals surface area contributed by atoms with Crippen molar-refractivity contribution in [3.8, 4) is 0 Å². The van der Waals surface area contributed by atoms with E-state index in [0.717, 1.165) is 5.69 Å². The van der Waals surface area contributed by atoms with Gasteiger partial charge in [-0.25, -0.2) is 13.6 Å². The molecule has 2 rings (SSSR count). The number of anilines is 1. The number of benzene rings is 2. The lowest BCUT2D eigenvalue weighted by atomic mass is 10.00. The molecule has 0 saturated carbocycles. The van der Waals surface area contributed by atoms with Crippen molar-refractivity contribution in [2.75, 3.05) is 5.32 Å². The number of hydrogen-bond acceptors (Lipinski definition) is 3. The monoisotopic (exact) mass is 304 g/mol. The highest BCUT2D eigenvalue weighted by atomic mass is 32.2. The van der Waals surface area contributed by atoms with Crippen LogP contribution in [0.4, 0.5) is 5.69 Å². The van der Waals surface area contributed by atoms with Gasteiger partial charge in [0.1, 0.15) is 0 Å². The highest BCUT2D eigenvalue weighted by molar-refractivity contribution is 7.89. The Bertz CT molecular complexity index is 755. The Morgan fingerprint density at radius 2 is 1.81 bits per heavy atom. The average Bonchev–Trinajstić information content (AvgIpc) is 2.41. The fraction of sp³-hybridized carbons (Fsp3) is 0.250. The third-order valence-corrected chi connectivity index (χ3v) is 4.36. The van der Waals surface area contributed by atoms with Crippen LogP contribution < -0.4 is 10.5 Å². The molecule has 0 aliphatic carbocycles. The van der Waals surface area contributed by atoms with Crippen LogP contribution in [0, 0.1) is 13.8 Å². The molecule has 0 fully saturated rings. The predicted octanol–water partition coefficient (Wildman–Crippen LogP) is 3.12. The van der Waals surface area contributed by atoms with Gasteiger partial charge in [-0.3, -0.25) is 0 Å². The molecule has 0 saturated heterocycles. The van der Waals surface area contributed by atoms with E-state index in [2.05, 4.69) is 37.4 Å². The van der Waals surface area contributed by atoms with Crippen molar-refractivity contribution in [2.45, 2.75) is 31.7 Å². The summed E-state index contributed by atoms with van der Waals surface area (Å²) in [6.07, 6.45) is 0. The van der Waals surface area contributed by atoms with Crippen molar-refractivity contribution in [1.29, 1.82) is 0 Å². The van der Waals surface area contributed by atoms with Crippen LogP contribution in [0.15, 0.2) is 47.4 Å². The van der Waals surface area contributed by atoms with Crippen LogP contribution >= 0.6 is 0 Å². The molecule has 2 aromatic rings. The lowest BCUT2D eigenvalue weighted by Gasteiger charge is -2.19. The highest BCUT2D eigenvalue weighted by Crippen LogP contribution is 2.24. The second-order valence-corrected chi connectivity index (χ2v) is 6.86. The third-order valence-electron chi connectivity index (χ3n) is 3.45. The maximum atomic E-state index is 11.4. The number of sulfonamides is 1. The number of aryl methyl sites for hydroxylation is 2. The van der Waals surface area contributed by atoms with Crippen LogP contribution in [-0.2, 0) is 10.0 Å². The van der Waals surface area contributed by atoms with Crippen molar-refractivity contribution >= 4 is 15.7 Å². The summed E-state index contributed by atoms with van der Waals surface area (Å²) in [5.74, 6) is 0. The van der Waals surface area contributed by atoms with Gasteiger partial charge < -0.3 is 5.32 Å². The molecule has 0 spiro atoms. The van der Waals surface area contributed by atoms with E-state index < -0.39 is 10.0 Å². The van der Waals surface area contributed by atoms with Crippen LogP contribution in [0.25, 0.3) is 0 Å². The molecule has 112 valence electrons. The van der Waals surface area contributed by atoms with Gasteiger partial charge in [0.15, 0.2) is 0 Å². The van der Waals surface area contributed by atoms with Crippen LogP contribution in [0.5, 0.6) is 0 Å². The van der Waals surface area contributed by atoms with Gasteiger partial charge in [0.05, 0.1) is 4.90 Å². The molecule has 3 N–H and O–H groups in total. The Balaban J connectivity index is 2.28. The van der Waals surface area contributed by atoms with E-state index in [1.807, 2.05) is 13.0 Å². The van der Waals surface area contributed by atoms with Gasteiger partial charge in [0.25, 0.3) is 0 Å². The van der Waals surface area contributed by atoms with E-state index in [9.17, 15) is 8.42 Å². The zero-order valence-corrected chi connectivity index (χ0v) is 13.2. The molecule has 0 bridgehead atoms. The SMILES string of the molecule is Cc1ccc(C)c(C(C)Nc2cccc(S(N)(=O)=O)c2)c1. The van der Waals surface area contributed by atoms with Crippen molar-refractivity contribution in [3.05, 3.63) is 59.2 Å². The zero-order valence-electron chi connectivity index (χ0n) is 12.4. The lowest BCUT2D eigenvalue weighted by Crippen LogP contribution is -2.13. The summed E-state index contributed by atoms with van der Waals surface area (Å²) in [6, 6.07) is 12.9. The number of nitrogens with two attached hydrogens (primary N) is 1. The fourth-order valence-electron chi connectivity index (χ4n) is 2.32. The molecule has 1 unspecified atom stereocenters. The quantitative estimate of drug-likeness (QED) is 0.911. The first-order valence-electron chi connectivity index (χ1n) is 6.74. The molecule has 0 radical (unpaired) electrons. The zero-order chi connectivity index (χ0) is 15.6. The first-order chi connectivity index (χ1) is 9.77. The molecule has 21 heavy (non-hydrogen) atoms. The lowest BCUT2D eigenvalue weighted by molar-refractivity contribution is 0.598. The molecule has 0 aliphatic heterocycles. The topological polar surface area (TPSA) is 72.2 Å². The predicted molar refractivity (Wildman–Crippen MR) is 85.8 cm³/mol. The van der Waals surface area contributed by atoms with Crippen molar-refractivity contribution in [1.82, 2.24) is 0 Å². The fourth-order valence-corrected chi connectivity index (χ4v) is 2.88. The standard InChI is InChI=1S/C16H20N2O2S/c1-11-7-8-12(2)16(9-11)13(3)18-14-5-4-6-15(10-14)21(17,19)20/h4-10,13,18H,1-3H3,(H2,17,19,20). The molecule has 1 atom stereocenters. The summed E-state index contributed by atoms with van der Waals surface area (Å²) < 4.78 is 22.8. The van der Waals surface area contributed by atoms with Crippen molar-refractivity contribution in [2.24, 2.45) is 5.14 Å². The van der Waals surface area contributed by atoms with E-state index in [1.54, 1.807) is 12.1 Å². The molecule has 0 aromatic heterocycles. The maximum absolute atomic E-state index is 11.4. The van der Waals surface area contributed by atoms with Gasteiger partial charge in [-0.2, -0.15) is 0 Å². The Labute approximate surface area is 126 Å². The van der Waals surface area contributed by atoms with Gasteiger partial charge in [0, 0.05) is 11.7 Å². The summed E-state index contributed by atoms with van der Waals surface area (Å²) in [4.78, 5) is 0.112. The summed E-state index contributed by atoms with van der Waals surface area (Å²) in [7, 11) is -3.68. The Morgan fingerprint density at radius 3 is 2.48 bits per heavy atom. The molecule has 4 nitrogen and oxygen atoms in total. The van der Waals surface area contributed by atoms with E-state index in [-0.39, 0.29) is 10.9 Å². The Morgan fingerprint density at radius 1 is 1.10 bits per heavy atom. The van der Waals surface area contributed by atoms with Crippen LogP contribution in [-0.4, -0.2) is 8.42 Å². The minimum atomic E-state index is -3.68. The summed E-state index contributed by atoms with van der Waals surface area (Å²) in [6.45, 7) is 6.16. The largest absolute Gasteiger partial charge is 0.378 e. The van der Waals surface area contributed by atoms with E-state index >= 15 is 0 Å². The van der Waals surface area contributed by atoms with Crippen LogP contribution in [0.3, 0.4) is 0 Å². The summed E-state index contributed by atoms with van der Waals surface area (Å²) in [5.41, 5.74) is 4.32. The Hall–Kier alpha value is -1.85. The first kappa shape index (κ1) is 15.5. The Kier molecular flexibility index (Phi) is 4.34. The number of primary sulfonamides is 1. The normalized spacial score (nSPS) is 13.0. The molecular formula is C16H20N2O2S. The minimum Gasteiger partial charge on any atom is -0.378 e.